The first-order chi connectivity index (χ1) is 9.58. The van der Waals surface area contributed by atoms with E-state index in [1.807, 2.05) is 6.07 Å². The van der Waals surface area contributed by atoms with Gasteiger partial charge in [0.25, 0.3) is 5.56 Å². The van der Waals surface area contributed by atoms with Gasteiger partial charge in [0, 0.05) is 29.2 Å². The molecule has 0 spiro atoms. The maximum absolute atomic E-state index is 11.8. The lowest BCUT2D eigenvalue weighted by Gasteiger charge is -2.02. The van der Waals surface area contributed by atoms with Crippen molar-refractivity contribution >= 4 is 11.6 Å². The first-order valence-electron chi connectivity index (χ1n) is 6.07. The Labute approximate surface area is 115 Å². The highest BCUT2D eigenvalue weighted by molar-refractivity contribution is 5.98. The molecule has 20 heavy (non-hydrogen) atoms. The van der Waals surface area contributed by atoms with Gasteiger partial charge >= 0.3 is 0 Å². The van der Waals surface area contributed by atoms with Gasteiger partial charge in [-0.3, -0.25) is 19.7 Å². The largest absolute Gasteiger partial charge is 0.302 e. The van der Waals surface area contributed by atoms with Gasteiger partial charge in [-0.1, -0.05) is 6.07 Å². The van der Waals surface area contributed by atoms with Gasteiger partial charge in [-0.2, -0.15) is 5.10 Å². The van der Waals surface area contributed by atoms with Gasteiger partial charge < -0.3 is 5.10 Å². The fourth-order valence-corrected chi connectivity index (χ4v) is 1.67. The molecule has 0 saturated carbocycles. The van der Waals surface area contributed by atoms with Gasteiger partial charge in [0.15, 0.2) is 0 Å². The van der Waals surface area contributed by atoms with E-state index in [0.717, 1.165) is 5.56 Å². The number of aromatic nitrogens is 3. The second kappa shape index (κ2) is 5.96. The number of carbonyl (C=O) groups excluding carboxylic acids is 1. The number of pyridine rings is 1. The van der Waals surface area contributed by atoms with E-state index in [1.54, 1.807) is 32.3 Å². The van der Waals surface area contributed by atoms with Crippen LogP contribution in [0.2, 0.25) is 0 Å². The van der Waals surface area contributed by atoms with E-state index in [2.05, 4.69) is 25.7 Å². The highest BCUT2D eigenvalue weighted by Crippen LogP contribution is 1.99. The quantitative estimate of drug-likeness (QED) is 0.558. The van der Waals surface area contributed by atoms with Gasteiger partial charge in [0.2, 0.25) is 5.91 Å². The number of amides is 1. The van der Waals surface area contributed by atoms with Crippen molar-refractivity contribution < 1.29 is 4.79 Å². The zero-order valence-corrected chi connectivity index (χ0v) is 11.2. The number of hydrogen-bond acceptors (Lipinski definition) is 4. The zero-order chi connectivity index (χ0) is 14.5. The fourth-order valence-electron chi connectivity index (χ4n) is 1.67. The molecular weight excluding hydrogens is 258 g/mol. The van der Waals surface area contributed by atoms with E-state index >= 15 is 0 Å². The van der Waals surface area contributed by atoms with Crippen LogP contribution in [0.4, 0.5) is 0 Å². The molecule has 7 heteroatoms. The van der Waals surface area contributed by atoms with Crippen LogP contribution in [-0.4, -0.2) is 26.8 Å². The maximum atomic E-state index is 11.8. The first-order valence-corrected chi connectivity index (χ1v) is 6.07. The van der Waals surface area contributed by atoms with Crippen LogP contribution in [-0.2, 0) is 11.2 Å². The Morgan fingerprint density at radius 2 is 2.25 bits per heavy atom. The van der Waals surface area contributed by atoms with Crippen molar-refractivity contribution in [1.29, 1.82) is 0 Å². The lowest BCUT2D eigenvalue weighted by atomic mass is 10.2. The third kappa shape index (κ3) is 3.19. The molecule has 1 amide bonds. The van der Waals surface area contributed by atoms with Crippen molar-refractivity contribution in [2.75, 3.05) is 0 Å². The molecule has 0 aliphatic carbocycles. The smallest absolute Gasteiger partial charge is 0.267 e. The maximum Gasteiger partial charge on any atom is 0.267 e. The SMILES string of the molecule is C/C(=N/NC(=O)Cc1c(C)[nH][nH]c1=O)c1cccnc1. The average molecular weight is 273 g/mol. The standard InChI is InChI=1S/C13H15N5O2/c1-8(10-4-3-5-14-7-10)15-17-12(19)6-11-9(2)16-18-13(11)20/h3-5,7H,6H2,1-2H3,(H,17,19)(H2,16,18,20)/b15-8-. The average Bonchev–Trinajstić information content (AvgIpc) is 2.77. The summed E-state index contributed by atoms with van der Waals surface area (Å²) in [5.74, 6) is -0.346. The number of hydrazone groups is 1. The minimum absolute atomic E-state index is 0.0194. The Hall–Kier alpha value is -2.70. The van der Waals surface area contributed by atoms with Crippen LogP contribution < -0.4 is 11.0 Å². The number of rotatable bonds is 4. The summed E-state index contributed by atoms with van der Waals surface area (Å²) in [4.78, 5) is 27.1. The van der Waals surface area contributed by atoms with E-state index < -0.39 is 0 Å². The molecule has 2 aromatic heterocycles. The van der Waals surface area contributed by atoms with Gasteiger partial charge in [-0.05, 0) is 19.9 Å². The van der Waals surface area contributed by atoms with Crippen LogP contribution >= 0.6 is 0 Å². The van der Waals surface area contributed by atoms with Crippen LogP contribution in [0, 0.1) is 6.92 Å². The van der Waals surface area contributed by atoms with E-state index in [0.29, 0.717) is 17.0 Å². The Bertz CT molecular complexity index is 684. The summed E-state index contributed by atoms with van der Waals surface area (Å²) in [6.07, 6.45) is 3.30. The molecule has 0 aliphatic rings. The van der Waals surface area contributed by atoms with Crippen molar-refractivity contribution in [3.8, 4) is 0 Å². The fraction of sp³-hybridized carbons (Fsp3) is 0.231. The second-order valence-electron chi connectivity index (χ2n) is 4.33. The normalized spacial score (nSPS) is 11.4. The molecule has 2 rings (SSSR count). The number of carbonyl (C=O) groups is 1. The molecule has 0 saturated heterocycles. The Morgan fingerprint density at radius 3 is 2.85 bits per heavy atom. The molecule has 0 aromatic carbocycles. The summed E-state index contributed by atoms with van der Waals surface area (Å²) in [6, 6.07) is 3.64. The summed E-state index contributed by atoms with van der Waals surface area (Å²) >= 11 is 0. The van der Waals surface area contributed by atoms with E-state index in [1.165, 1.54) is 0 Å². The molecule has 0 unspecified atom stereocenters. The van der Waals surface area contributed by atoms with Crippen LogP contribution in [0.1, 0.15) is 23.7 Å². The molecule has 3 N–H and O–H groups in total. The minimum Gasteiger partial charge on any atom is -0.302 e. The third-order valence-electron chi connectivity index (χ3n) is 2.86. The summed E-state index contributed by atoms with van der Waals surface area (Å²) in [5, 5.41) is 9.09. The molecule has 0 aliphatic heterocycles. The molecule has 0 radical (unpaired) electrons. The monoisotopic (exact) mass is 273 g/mol. The lowest BCUT2D eigenvalue weighted by molar-refractivity contribution is -0.120. The van der Waals surface area contributed by atoms with E-state index in [-0.39, 0.29) is 17.9 Å². The Balaban J connectivity index is 2.01. The van der Waals surface area contributed by atoms with Gasteiger partial charge in [-0.25, -0.2) is 5.43 Å². The van der Waals surface area contributed by atoms with Gasteiger partial charge in [0.1, 0.15) is 0 Å². The number of nitrogens with one attached hydrogen (secondary N) is 3. The number of nitrogens with zero attached hydrogens (tertiary/aromatic N) is 2. The first kappa shape index (κ1) is 13.7. The summed E-state index contributed by atoms with van der Waals surface area (Å²) in [5.41, 5.74) is 4.67. The lowest BCUT2D eigenvalue weighted by Crippen LogP contribution is -2.24. The third-order valence-corrected chi connectivity index (χ3v) is 2.86. The molecular formula is C13H15N5O2. The van der Waals surface area contributed by atoms with Crippen LogP contribution in [0.5, 0.6) is 0 Å². The predicted octanol–water partition coefficient (Wildman–Crippen LogP) is 0.489. The molecule has 0 bridgehead atoms. The Morgan fingerprint density at radius 1 is 1.45 bits per heavy atom. The molecule has 2 aromatic rings. The van der Waals surface area contributed by atoms with Crippen molar-refractivity contribution in [3.05, 3.63) is 51.7 Å². The van der Waals surface area contributed by atoms with Crippen molar-refractivity contribution in [2.45, 2.75) is 20.3 Å². The van der Waals surface area contributed by atoms with Crippen LogP contribution in [0.25, 0.3) is 0 Å². The van der Waals surface area contributed by atoms with Crippen molar-refractivity contribution in [1.82, 2.24) is 20.6 Å². The predicted molar refractivity (Wildman–Crippen MR) is 74.4 cm³/mol. The molecule has 0 fully saturated rings. The molecule has 0 atom stereocenters. The molecule has 2 heterocycles. The number of H-pyrrole nitrogens is 2. The van der Waals surface area contributed by atoms with Crippen molar-refractivity contribution in [3.63, 3.8) is 0 Å². The number of hydrogen-bond donors (Lipinski definition) is 3. The Kier molecular flexibility index (Phi) is 4.09. The van der Waals surface area contributed by atoms with Gasteiger partial charge in [0.05, 0.1) is 12.1 Å². The topological polar surface area (TPSA) is 103 Å². The van der Waals surface area contributed by atoms with Gasteiger partial charge in [-0.15, -0.1) is 0 Å². The van der Waals surface area contributed by atoms with Crippen molar-refractivity contribution in [2.24, 2.45) is 5.10 Å². The summed E-state index contributed by atoms with van der Waals surface area (Å²) < 4.78 is 0. The van der Waals surface area contributed by atoms with Crippen LogP contribution in [0.15, 0.2) is 34.4 Å². The second-order valence-corrected chi connectivity index (χ2v) is 4.33. The highest BCUT2D eigenvalue weighted by atomic mass is 16.2. The number of aryl methyl sites for hydroxylation is 1. The molecule has 7 nitrogen and oxygen atoms in total. The highest BCUT2D eigenvalue weighted by Gasteiger charge is 2.11. The van der Waals surface area contributed by atoms with Crippen LogP contribution in [0.3, 0.4) is 0 Å². The van der Waals surface area contributed by atoms with E-state index in [4.69, 9.17) is 0 Å². The zero-order valence-electron chi connectivity index (χ0n) is 11.2. The summed E-state index contributed by atoms with van der Waals surface area (Å²) in [6.45, 7) is 3.50. The summed E-state index contributed by atoms with van der Waals surface area (Å²) in [7, 11) is 0. The number of aromatic amines is 2. The van der Waals surface area contributed by atoms with E-state index in [9.17, 15) is 9.59 Å². The molecule has 104 valence electrons. The minimum atomic E-state index is -0.346.